The average molecular weight is 776 g/mol. The minimum Gasteiger partial charge on any atom is -0.870 e. The zero-order chi connectivity index (χ0) is 32.8. The molecule has 0 unspecified atom stereocenters. The molecule has 0 atom stereocenters. The van der Waals surface area contributed by atoms with Crippen molar-refractivity contribution >= 4 is 79.7 Å². The molecule has 26 heteroatoms. The summed E-state index contributed by atoms with van der Waals surface area (Å²) in [5, 5.41) is 25.7. The molecule has 4 aromatic rings. The van der Waals surface area contributed by atoms with E-state index in [1.807, 2.05) is 0 Å². The number of benzene rings is 4. The Hall–Kier alpha value is -0.420. The largest absolute Gasteiger partial charge is 1.00 e. The fourth-order valence-corrected chi connectivity index (χ4v) is 6.34. The van der Waals surface area contributed by atoms with Crippen molar-refractivity contribution in [2.45, 2.75) is 19.6 Å². The van der Waals surface area contributed by atoms with Gasteiger partial charge in [0.1, 0.15) is 52.3 Å². The van der Waals surface area contributed by atoms with E-state index >= 15 is 0 Å². The normalized spacial score (nSPS) is 12.2. The Bertz CT molecular complexity index is 2380. The third-order valence-corrected chi connectivity index (χ3v) is 9.15. The van der Waals surface area contributed by atoms with Crippen LogP contribution in [0.15, 0.2) is 101 Å². The maximum Gasteiger partial charge on any atom is 1.00 e. The molecule has 0 bridgehead atoms. The Morgan fingerprint density at radius 3 is 1.38 bits per heavy atom. The minimum absolute atomic E-state index is 0. The first-order valence-corrected chi connectivity index (χ1v) is 16.8. The quantitative estimate of drug-likeness (QED) is 0.0727. The summed E-state index contributed by atoms with van der Waals surface area (Å²) >= 11 is 0. The van der Waals surface area contributed by atoms with Crippen LogP contribution in [-0.2, 0) is 40.5 Å². The van der Waals surface area contributed by atoms with Gasteiger partial charge in [-0.3, -0.25) is 4.55 Å². The molecular weight excluding hydrogens is 762 g/mol. The second-order valence-corrected chi connectivity index (χ2v) is 13.9. The van der Waals surface area contributed by atoms with Crippen molar-refractivity contribution in [3.8, 4) is 5.75 Å². The van der Waals surface area contributed by atoms with Crippen LogP contribution in [0.5, 0.6) is 5.75 Å². The van der Waals surface area contributed by atoms with Crippen molar-refractivity contribution in [3.63, 3.8) is 0 Å². The fourth-order valence-electron chi connectivity index (χ4n) is 3.79. The van der Waals surface area contributed by atoms with Crippen LogP contribution in [0.25, 0.3) is 10.8 Å². The van der Waals surface area contributed by atoms with Crippen LogP contribution in [0, 0.1) is 0 Å². The number of hydrogen-bond donors (Lipinski definition) is 2. The van der Waals surface area contributed by atoms with E-state index in [0.717, 1.165) is 30.3 Å². The van der Waals surface area contributed by atoms with Gasteiger partial charge in [-0.15, -0.1) is 20.5 Å². The number of nitrogen functional groups attached to an aromatic ring is 1. The molecule has 0 spiro atoms. The van der Waals surface area contributed by atoms with Gasteiger partial charge < -0.3 is 24.5 Å². The van der Waals surface area contributed by atoms with Crippen LogP contribution in [0.1, 0.15) is 0 Å². The smallest absolute Gasteiger partial charge is 0.870 e. The van der Waals surface area contributed by atoms with Gasteiger partial charge in [-0.25, -0.2) is 25.3 Å². The summed E-state index contributed by atoms with van der Waals surface area (Å²) in [5.41, 5.74) is 2.04. The van der Waals surface area contributed by atoms with Gasteiger partial charge in [-0.1, -0.05) is 30.0 Å². The molecule has 0 aliphatic rings. The summed E-state index contributed by atoms with van der Waals surface area (Å²) < 4.78 is 140. The van der Waals surface area contributed by atoms with Gasteiger partial charge in [0.2, 0.25) is 0 Å². The van der Waals surface area contributed by atoms with E-state index in [9.17, 15) is 57.0 Å². The number of rotatable bonds is 8. The van der Waals surface area contributed by atoms with Crippen LogP contribution >= 0.6 is 0 Å². The van der Waals surface area contributed by atoms with Gasteiger partial charge in [0, 0.05) is 10.8 Å². The van der Waals surface area contributed by atoms with E-state index in [4.69, 9.17) is 5.73 Å². The Morgan fingerprint density at radius 2 is 0.958 bits per heavy atom. The molecule has 0 saturated heterocycles. The van der Waals surface area contributed by atoms with Crippen LogP contribution in [0.2, 0.25) is 0 Å². The van der Waals surface area contributed by atoms with E-state index in [1.165, 1.54) is 18.2 Å². The molecule has 18 nitrogen and oxygen atoms in total. The Labute approximate surface area is 361 Å². The number of fused-ring (bicyclic) bond motifs is 1. The van der Waals surface area contributed by atoms with Crippen molar-refractivity contribution in [1.82, 2.24) is 0 Å². The maximum absolute atomic E-state index is 13.5. The van der Waals surface area contributed by atoms with Crippen molar-refractivity contribution in [2.24, 2.45) is 20.5 Å². The predicted molar refractivity (Wildman–Crippen MR) is 143 cm³/mol. The van der Waals surface area contributed by atoms with Crippen molar-refractivity contribution < 1.29 is 175 Å². The fraction of sp³-hybridized carbons (Fsp3) is 0. The second-order valence-electron chi connectivity index (χ2n) is 8.46. The Balaban J connectivity index is 0.00000552. The molecular formula is C22H13N5Na4O13S4. The van der Waals surface area contributed by atoms with Gasteiger partial charge in [0.25, 0.3) is 10.1 Å². The summed E-state index contributed by atoms with van der Waals surface area (Å²) in [6.07, 6.45) is 0. The van der Waals surface area contributed by atoms with Gasteiger partial charge in [-0.05, 0) is 36.4 Å². The van der Waals surface area contributed by atoms with Crippen LogP contribution < -0.4 is 129 Å². The molecule has 0 radical (unpaired) electrons. The SMILES string of the molecule is Nc1c(N=Nc2ccccc2S(=O)(=O)[O-])cc(S(=O)(=O)[O-])c2cc(S(=O)(=O)O)c(N=Nc3ccccc3S(=O)(=O)[O-])c([O-])c12.[Na+].[Na+].[Na+].[Na+]. The standard InChI is InChI=1S/C22H17N5O13S4.4Na/c23-20-14(26-24-12-5-1-3-7-15(12)41(29,30)31)10-17(43(35,36)37)11-9-18(44(38,39)40)21(22(28)19(11)20)27-25-13-6-2-4-8-16(13)42(32,33)34;;;;/h1-10,28H,23H2,(H,29,30,31)(H,32,33,34)(H,35,36,37)(H,38,39,40);;;;/q;4*+1/p-4. The van der Waals surface area contributed by atoms with Gasteiger partial charge in [0.15, 0.2) is 0 Å². The van der Waals surface area contributed by atoms with Crippen molar-refractivity contribution in [2.75, 3.05) is 5.73 Å². The number of anilines is 1. The molecule has 3 N–H and O–H groups in total. The topological polar surface area (TPSA) is 324 Å². The first-order valence-electron chi connectivity index (χ1n) is 11.2. The summed E-state index contributed by atoms with van der Waals surface area (Å²) in [6.45, 7) is 0. The first kappa shape index (κ1) is 47.6. The first-order chi connectivity index (χ1) is 20.2. The number of hydrogen-bond acceptors (Lipinski definition) is 17. The molecule has 4 aromatic carbocycles. The molecule has 232 valence electrons. The van der Waals surface area contributed by atoms with Gasteiger partial charge in [-0.2, -0.15) is 8.42 Å². The molecule has 0 aliphatic heterocycles. The predicted octanol–water partition coefficient (Wildman–Crippen LogP) is -9.70. The zero-order valence-corrected chi connectivity index (χ0v) is 36.4. The number of nitrogens with two attached hydrogens (primary N) is 1. The maximum atomic E-state index is 13.5. The zero-order valence-electron chi connectivity index (χ0n) is 25.1. The minimum atomic E-state index is -5.58. The van der Waals surface area contributed by atoms with Crippen LogP contribution in [0.4, 0.5) is 28.4 Å². The Kier molecular flexibility index (Phi) is 17.7. The number of nitrogens with zero attached hydrogens (tertiary/aromatic N) is 4. The van der Waals surface area contributed by atoms with Crippen LogP contribution in [-0.4, -0.2) is 51.9 Å². The summed E-state index contributed by atoms with van der Waals surface area (Å²) in [4.78, 5) is -4.43. The van der Waals surface area contributed by atoms with E-state index in [-0.39, 0.29) is 118 Å². The summed E-state index contributed by atoms with van der Waals surface area (Å²) in [7, 11) is -21.2. The summed E-state index contributed by atoms with van der Waals surface area (Å²) in [5.74, 6) is -1.57. The molecule has 0 aliphatic carbocycles. The van der Waals surface area contributed by atoms with E-state index in [0.29, 0.717) is 12.1 Å². The molecule has 0 amide bonds. The number of azo groups is 2. The average Bonchev–Trinajstić information content (AvgIpc) is 2.90. The van der Waals surface area contributed by atoms with Crippen molar-refractivity contribution in [3.05, 3.63) is 60.7 Å². The molecule has 0 fully saturated rings. The van der Waals surface area contributed by atoms with E-state index in [1.54, 1.807) is 0 Å². The molecule has 48 heavy (non-hydrogen) atoms. The third-order valence-electron chi connectivity index (χ3n) is 5.64. The van der Waals surface area contributed by atoms with E-state index in [2.05, 4.69) is 20.5 Å². The second kappa shape index (κ2) is 17.9. The van der Waals surface area contributed by atoms with E-state index < -0.39 is 105 Å². The van der Waals surface area contributed by atoms with Gasteiger partial charge >= 0.3 is 118 Å². The monoisotopic (exact) mass is 775 g/mol. The van der Waals surface area contributed by atoms with Crippen LogP contribution in [0.3, 0.4) is 0 Å². The summed E-state index contributed by atoms with van der Waals surface area (Å²) in [6, 6.07) is 9.35. The molecule has 0 saturated carbocycles. The van der Waals surface area contributed by atoms with Crippen molar-refractivity contribution in [1.29, 1.82) is 0 Å². The third kappa shape index (κ3) is 10.8. The molecule has 0 heterocycles. The van der Waals surface area contributed by atoms with Gasteiger partial charge in [0.05, 0.1) is 26.1 Å². The molecule has 0 aromatic heterocycles. The molecule has 4 rings (SSSR count). The Morgan fingerprint density at radius 1 is 0.562 bits per heavy atom.